The third-order valence-corrected chi connectivity index (χ3v) is 0. The molecule has 0 amide bonds. The van der Waals surface area contributed by atoms with E-state index >= 15 is 0 Å². The first-order chi connectivity index (χ1) is 0. The summed E-state index contributed by atoms with van der Waals surface area (Å²) in [5.41, 5.74) is 0. The topological polar surface area (TPSA) is 28.5 Å². The first-order valence-corrected chi connectivity index (χ1v) is 0. The predicted octanol–water partition coefficient (Wildman–Crippen LogP) is -0.124. The van der Waals surface area contributed by atoms with Crippen LogP contribution in [0.3, 0.4) is 0 Å². The van der Waals surface area contributed by atoms with Crippen molar-refractivity contribution in [1.29, 1.82) is 0 Å². The van der Waals surface area contributed by atoms with Crippen LogP contribution in [0.25, 0.3) is 0 Å². The summed E-state index contributed by atoms with van der Waals surface area (Å²) in [6.07, 6.45) is 0. The average molecular weight is 303 g/mol. The smallest absolute Gasteiger partial charge is 2.00 e. The van der Waals surface area contributed by atoms with E-state index in [1.54, 1.807) is 0 Å². The van der Waals surface area contributed by atoms with Gasteiger partial charge in [0, 0.05) is 0 Å². The van der Waals surface area contributed by atoms with E-state index in [1.807, 2.05) is 0 Å². The molecule has 1 radical (unpaired) electrons. The van der Waals surface area contributed by atoms with Gasteiger partial charge < -0.3 is 5.48 Å². The van der Waals surface area contributed by atoms with Gasteiger partial charge in [0.2, 0.25) is 0 Å². The summed E-state index contributed by atoms with van der Waals surface area (Å²) in [5.74, 6) is 0. The van der Waals surface area contributed by atoms with Crippen LogP contribution in [-0.4, -0.2) is 0 Å². The van der Waals surface area contributed by atoms with Crippen LogP contribution in [0.4, 0.5) is 0 Å². The second-order valence-electron chi connectivity index (χ2n) is 0. The van der Waals surface area contributed by atoms with Gasteiger partial charge in [-0.05, 0) is 0 Å². The minimum Gasteiger partial charge on any atom is -2.00 e. The molecule has 0 aliphatic rings. The Bertz CT molecular complexity index is 8.00. The quantitative estimate of drug-likeness (QED) is 0.558. The molecule has 0 aromatic rings. The van der Waals surface area contributed by atoms with Gasteiger partial charge in [-0.1, -0.05) is 0 Å². The van der Waals surface area contributed by atoms with E-state index in [4.69, 9.17) is 0 Å². The molecular formula is CeFeOZr+7. The van der Waals surface area contributed by atoms with Crippen molar-refractivity contribution in [2.24, 2.45) is 0 Å². The summed E-state index contributed by atoms with van der Waals surface area (Å²) in [5, 5.41) is 0. The van der Waals surface area contributed by atoms with Gasteiger partial charge in [0.15, 0.2) is 0 Å². The molecule has 0 aromatic carbocycles. The Morgan fingerprint density at radius 3 is 1.00 bits per heavy atom. The zero-order valence-corrected chi connectivity index (χ0v) is 8.46. The van der Waals surface area contributed by atoms with Gasteiger partial charge in [-0.3, -0.25) is 0 Å². The minimum absolute atomic E-state index is 0. The van der Waals surface area contributed by atoms with Crippen LogP contribution in [0.2, 0.25) is 0 Å². The number of hydrogen-bond donors (Lipinski definition) is 0. The summed E-state index contributed by atoms with van der Waals surface area (Å²) < 4.78 is 0. The van der Waals surface area contributed by atoms with Crippen LogP contribution in [0.1, 0.15) is 0 Å². The van der Waals surface area contributed by atoms with Crippen LogP contribution in [0.15, 0.2) is 0 Å². The van der Waals surface area contributed by atoms with E-state index in [9.17, 15) is 0 Å². The first-order valence-electron chi connectivity index (χ1n) is 0. The molecule has 4 heteroatoms. The standard InChI is InChI=1S/Ce.Fe.O.Zr/q+3;+2;-2;+4. The fraction of sp³-hybridized carbons (Fsp3) is 0. The summed E-state index contributed by atoms with van der Waals surface area (Å²) in [4.78, 5) is 0. The Kier molecular flexibility index (Phi) is 127. The van der Waals surface area contributed by atoms with Gasteiger partial charge in [-0.2, -0.15) is 0 Å². The molecule has 0 saturated carbocycles. The van der Waals surface area contributed by atoms with E-state index in [0.29, 0.717) is 0 Å². The summed E-state index contributed by atoms with van der Waals surface area (Å²) in [7, 11) is 0. The van der Waals surface area contributed by atoms with Crippen LogP contribution in [0, 0.1) is 41.7 Å². The van der Waals surface area contributed by atoms with E-state index in [0.717, 1.165) is 0 Å². The van der Waals surface area contributed by atoms with Crippen molar-refractivity contribution in [2.45, 2.75) is 0 Å². The van der Waals surface area contributed by atoms with Crippen LogP contribution >= 0.6 is 0 Å². The molecule has 0 N–H and O–H groups in total. The maximum atomic E-state index is 0. The van der Waals surface area contributed by atoms with Crippen molar-refractivity contribution in [3.8, 4) is 0 Å². The zero-order chi connectivity index (χ0) is 0. The minimum atomic E-state index is 0. The van der Waals surface area contributed by atoms with Gasteiger partial charge in [0.05, 0.1) is 0 Å². The SMILES string of the molecule is [Ce+3].[Fe+2].[O-2].[Zr+4]. The van der Waals surface area contributed by atoms with E-state index in [-0.39, 0.29) is 90.5 Å². The third-order valence-electron chi connectivity index (χ3n) is 0. The summed E-state index contributed by atoms with van der Waals surface area (Å²) in [6.45, 7) is 0. The van der Waals surface area contributed by atoms with Gasteiger partial charge in [0.1, 0.15) is 0 Å². The maximum Gasteiger partial charge on any atom is 4.00 e. The van der Waals surface area contributed by atoms with Crippen molar-refractivity contribution < 1.29 is 90.5 Å². The monoisotopic (exact) mass is 302 g/mol. The zero-order valence-electron chi connectivity index (χ0n) is 1.76. The van der Waals surface area contributed by atoms with Crippen LogP contribution in [0.5, 0.6) is 0 Å². The Hall–Kier alpha value is 2.74. The van der Waals surface area contributed by atoms with Gasteiger partial charge in [-0.25, -0.2) is 0 Å². The molecule has 0 bridgehead atoms. The average Bonchev–Trinajstić information content (AvgIpc) is 0. The Morgan fingerprint density at radius 1 is 1.00 bits per heavy atom. The van der Waals surface area contributed by atoms with Gasteiger partial charge in [0.25, 0.3) is 0 Å². The van der Waals surface area contributed by atoms with Crippen molar-refractivity contribution in [3.05, 3.63) is 0 Å². The molecule has 0 spiro atoms. The molecule has 4 heavy (non-hydrogen) atoms. The normalized spacial score (nSPS) is 0. The van der Waals surface area contributed by atoms with Crippen LogP contribution in [-0.2, 0) is 48.7 Å². The molecule has 0 fully saturated rings. The first kappa shape index (κ1) is 29.6. The Labute approximate surface area is 88.6 Å². The third kappa shape index (κ3) is 8.83. The van der Waals surface area contributed by atoms with Gasteiger partial charge >= 0.3 is 85.0 Å². The number of hydrogen-bond acceptors (Lipinski definition) is 0. The molecule has 1 nitrogen and oxygen atoms in total. The molecular weight excluding hydrogens is 303 g/mol. The molecule has 0 unspecified atom stereocenters. The molecule has 0 heterocycles. The second kappa shape index (κ2) is 17.2. The van der Waals surface area contributed by atoms with E-state index < -0.39 is 0 Å². The second-order valence-corrected chi connectivity index (χ2v) is 0. The summed E-state index contributed by atoms with van der Waals surface area (Å²) in [6, 6.07) is 0. The van der Waals surface area contributed by atoms with E-state index in [2.05, 4.69) is 0 Å². The molecule has 0 rings (SSSR count). The van der Waals surface area contributed by atoms with Crippen molar-refractivity contribution in [2.75, 3.05) is 0 Å². The van der Waals surface area contributed by atoms with Crippen molar-refractivity contribution >= 4 is 0 Å². The van der Waals surface area contributed by atoms with Crippen molar-refractivity contribution in [3.63, 3.8) is 0 Å². The number of rotatable bonds is 0. The maximum absolute atomic E-state index is 0. The van der Waals surface area contributed by atoms with E-state index in [1.165, 1.54) is 0 Å². The molecule has 0 saturated heterocycles. The predicted molar refractivity (Wildman–Crippen MR) is 0.686 cm³/mol. The largest absolute Gasteiger partial charge is 4.00 e. The molecule has 0 aromatic heterocycles. The Balaban J connectivity index is 0. The van der Waals surface area contributed by atoms with Crippen LogP contribution < -0.4 is 0 Å². The fourth-order valence-corrected chi connectivity index (χ4v) is 0. The molecule has 0 atom stereocenters. The fourth-order valence-electron chi connectivity index (χ4n) is 0. The molecule has 0 aliphatic carbocycles. The molecule has 15 valence electrons. The molecule has 0 aliphatic heterocycles. The van der Waals surface area contributed by atoms with Gasteiger partial charge in [-0.15, -0.1) is 0 Å². The van der Waals surface area contributed by atoms with Crippen molar-refractivity contribution in [1.82, 2.24) is 0 Å². The Morgan fingerprint density at radius 2 is 1.00 bits per heavy atom. The summed E-state index contributed by atoms with van der Waals surface area (Å²) >= 11 is 0.